The standard InChI is InChI=1S/C14H19NO3S/c16-14(12-5-1-2-9-19(12,17)18)11-7-6-10-4-3-8-15-13(10)11/h3-4,8,11-12,14,16H,1-2,5-7,9H2. The molecule has 2 aliphatic rings. The van der Waals surface area contributed by atoms with E-state index in [2.05, 4.69) is 4.98 Å². The Labute approximate surface area is 113 Å². The zero-order valence-corrected chi connectivity index (χ0v) is 11.6. The summed E-state index contributed by atoms with van der Waals surface area (Å²) in [7, 11) is -3.14. The predicted molar refractivity (Wildman–Crippen MR) is 72.7 cm³/mol. The lowest BCUT2D eigenvalue weighted by Gasteiger charge is -2.30. The molecule has 0 spiro atoms. The van der Waals surface area contributed by atoms with Crippen LogP contribution in [0.25, 0.3) is 0 Å². The van der Waals surface area contributed by atoms with Crippen molar-refractivity contribution in [1.29, 1.82) is 0 Å². The number of sulfone groups is 1. The molecule has 0 radical (unpaired) electrons. The average Bonchev–Trinajstić information content (AvgIpc) is 2.81. The van der Waals surface area contributed by atoms with Crippen molar-refractivity contribution < 1.29 is 13.5 Å². The minimum atomic E-state index is -3.14. The van der Waals surface area contributed by atoms with Gasteiger partial charge in [0.2, 0.25) is 0 Å². The van der Waals surface area contributed by atoms with E-state index < -0.39 is 21.2 Å². The first kappa shape index (κ1) is 13.1. The molecule has 5 heteroatoms. The molecule has 3 unspecified atom stereocenters. The Balaban J connectivity index is 1.87. The van der Waals surface area contributed by atoms with Crippen molar-refractivity contribution >= 4 is 9.84 Å². The van der Waals surface area contributed by atoms with E-state index in [4.69, 9.17) is 0 Å². The molecule has 1 aliphatic carbocycles. The lowest BCUT2D eigenvalue weighted by atomic mass is 9.94. The van der Waals surface area contributed by atoms with E-state index in [-0.39, 0.29) is 11.7 Å². The van der Waals surface area contributed by atoms with Gasteiger partial charge in [0.15, 0.2) is 9.84 Å². The molecule has 19 heavy (non-hydrogen) atoms. The third-order valence-corrected chi connectivity index (χ3v) is 6.72. The van der Waals surface area contributed by atoms with Crippen LogP contribution in [-0.4, -0.2) is 35.6 Å². The Morgan fingerprint density at radius 2 is 2.16 bits per heavy atom. The molecule has 4 nitrogen and oxygen atoms in total. The Hall–Kier alpha value is -0.940. The molecule has 0 saturated carbocycles. The van der Waals surface area contributed by atoms with E-state index in [1.54, 1.807) is 6.20 Å². The van der Waals surface area contributed by atoms with Crippen molar-refractivity contribution in [3.05, 3.63) is 29.6 Å². The van der Waals surface area contributed by atoms with Gasteiger partial charge in [0, 0.05) is 17.8 Å². The molecule has 1 aliphatic heterocycles. The van der Waals surface area contributed by atoms with Crippen molar-refractivity contribution in [2.24, 2.45) is 0 Å². The third kappa shape index (κ3) is 2.30. The van der Waals surface area contributed by atoms with Crippen molar-refractivity contribution in [2.75, 3.05) is 5.75 Å². The maximum Gasteiger partial charge on any atom is 0.155 e. The van der Waals surface area contributed by atoms with Crippen LogP contribution < -0.4 is 0 Å². The van der Waals surface area contributed by atoms with E-state index in [1.165, 1.54) is 0 Å². The number of aromatic nitrogens is 1. The second-order valence-corrected chi connectivity index (χ2v) is 7.92. The SMILES string of the molecule is O=S1(=O)CCCCC1C(O)C1CCc2cccnc21. The van der Waals surface area contributed by atoms with E-state index in [9.17, 15) is 13.5 Å². The van der Waals surface area contributed by atoms with Gasteiger partial charge in [0.05, 0.1) is 17.1 Å². The summed E-state index contributed by atoms with van der Waals surface area (Å²) >= 11 is 0. The first-order valence-corrected chi connectivity index (χ1v) is 8.64. The first-order chi connectivity index (χ1) is 9.09. The molecule has 104 valence electrons. The molecular weight excluding hydrogens is 262 g/mol. The molecular formula is C14H19NO3S. The second-order valence-electron chi connectivity index (χ2n) is 5.58. The van der Waals surface area contributed by atoms with Gasteiger partial charge in [-0.3, -0.25) is 4.98 Å². The molecule has 1 aromatic rings. The van der Waals surface area contributed by atoms with Crippen LogP contribution in [0.1, 0.15) is 42.9 Å². The van der Waals surface area contributed by atoms with Crippen LogP contribution in [0.3, 0.4) is 0 Å². The Morgan fingerprint density at radius 3 is 2.95 bits per heavy atom. The number of aliphatic hydroxyl groups is 1. The van der Waals surface area contributed by atoms with Crippen LogP contribution in [-0.2, 0) is 16.3 Å². The van der Waals surface area contributed by atoms with Crippen LogP contribution >= 0.6 is 0 Å². The number of pyridine rings is 1. The molecule has 0 amide bonds. The average molecular weight is 281 g/mol. The van der Waals surface area contributed by atoms with Crippen LogP contribution in [0.15, 0.2) is 18.3 Å². The largest absolute Gasteiger partial charge is 0.391 e. The zero-order chi connectivity index (χ0) is 13.5. The normalized spacial score (nSPS) is 30.8. The van der Waals surface area contributed by atoms with Gasteiger partial charge in [0.25, 0.3) is 0 Å². The Bertz CT molecular complexity index is 570. The van der Waals surface area contributed by atoms with Gasteiger partial charge in [-0.2, -0.15) is 0 Å². The van der Waals surface area contributed by atoms with Gasteiger partial charge in [0.1, 0.15) is 0 Å². The van der Waals surface area contributed by atoms with E-state index in [0.717, 1.165) is 36.9 Å². The lowest BCUT2D eigenvalue weighted by molar-refractivity contribution is 0.130. The van der Waals surface area contributed by atoms with E-state index >= 15 is 0 Å². The second kappa shape index (κ2) is 4.87. The highest BCUT2D eigenvalue weighted by molar-refractivity contribution is 7.92. The fraction of sp³-hybridized carbons (Fsp3) is 0.643. The Kier molecular flexibility index (Phi) is 3.35. The number of aliphatic hydroxyl groups excluding tert-OH is 1. The van der Waals surface area contributed by atoms with Gasteiger partial charge in [-0.1, -0.05) is 12.5 Å². The maximum absolute atomic E-state index is 12.1. The molecule has 0 aromatic carbocycles. The number of hydrogen-bond donors (Lipinski definition) is 1. The fourth-order valence-corrected chi connectivity index (χ4v) is 5.45. The number of rotatable bonds is 2. The van der Waals surface area contributed by atoms with Crippen LogP contribution in [0.2, 0.25) is 0 Å². The molecule has 1 N–H and O–H groups in total. The van der Waals surface area contributed by atoms with Crippen molar-refractivity contribution in [3.63, 3.8) is 0 Å². The quantitative estimate of drug-likeness (QED) is 0.890. The number of hydrogen-bond acceptors (Lipinski definition) is 4. The van der Waals surface area contributed by atoms with Crippen LogP contribution in [0.5, 0.6) is 0 Å². The summed E-state index contributed by atoms with van der Waals surface area (Å²) in [6, 6.07) is 3.91. The van der Waals surface area contributed by atoms with Crippen molar-refractivity contribution in [3.8, 4) is 0 Å². The van der Waals surface area contributed by atoms with E-state index in [1.807, 2.05) is 12.1 Å². The van der Waals surface area contributed by atoms with Crippen molar-refractivity contribution in [1.82, 2.24) is 4.98 Å². The zero-order valence-electron chi connectivity index (χ0n) is 10.8. The summed E-state index contributed by atoms with van der Waals surface area (Å²) in [5.41, 5.74) is 2.05. The minimum Gasteiger partial charge on any atom is -0.391 e. The van der Waals surface area contributed by atoms with Crippen LogP contribution in [0, 0.1) is 0 Å². The fourth-order valence-electron chi connectivity index (χ4n) is 3.40. The summed E-state index contributed by atoms with van der Waals surface area (Å²) in [5, 5.41) is 9.94. The smallest absolute Gasteiger partial charge is 0.155 e. The summed E-state index contributed by atoms with van der Waals surface area (Å²) in [4.78, 5) is 4.35. The molecule has 2 heterocycles. The summed E-state index contributed by atoms with van der Waals surface area (Å²) < 4.78 is 24.2. The van der Waals surface area contributed by atoms with Gasteiger partial charge >= 0.3 is 0 Å². The highest BCUT2D eigenvalue weighted by Gasteiger charge is 2.41. The lowest BCUT2D eigenvalue weighted by Crippen LogP contribution is -2.41. The molecule has 3 atom stereocenters. The molecule has 0 bridgehead atoms. The Morgan fingerprint density at radius 1 is 1.32 bits per heavy atom. The van der Waals surface area contributed by atoms with Gasteiger partial charge in [-0.25, -0.2) is 8.42 Å². The summed E-state index contributed by atoms with van der Waals surface area (Å²) in [6.07, 6.45) is 4.81. The number of nitrogens with zero attached hydrogens (tertiary/aromatic N) is 1. The minimum absolute atomic E-state index is 0.117. The highest BCUT2D eigenvalue weighted by Crippen LogP contribution is 2.38. The highest BCUT2D eigenvalue weighted by atomic mass is 32.2. The monoisotopic (exact) mass is 281 g/mol. The van der Waals surface area contributed by atoms with Crippen LogP contribution in [0.4, 0.5) is 0 Å². The van der Waals surface area contributed by atoms with Gasteiger partial charge in [-0.15, -0.1) is 0 Å². The van der Waals surface area contributed by atoms with Gasteiger partial charge < -0.3 is 5.11 Å². The summed E-state index contributed by atoms with van der Waals surface area (Å²) in [6.45, 7) is 0. The van der Waals surface area contributed by atoms with E-state index in [0.29, 0.717) is 6.42 Å². The maximum atomic E-state index is 12.1. The molecule has 1 fully saturated rings. The molecule has 1 saturated heterocycles. The first-order valence-electron chi connectivity index (χ1n) is 6.93. The third-order valence-electron chi connectivity index (χ3n) is 4.42. The molecule has 1 aromatic heterocycles. The molecule has 3 rings (SSSR count). The predicted octanol–water partition coefficient (Wildman–Crippen LogP) is 1.44. The van der Waals surface area contributed by atoms with Gasteiger partial charge in [-0.05, 0) is 37.3 Å². The summed E-state index contributed by atoms with van der Waals surface area (Å²) in [5.74, 6) is 0.102. The number of aryl methyl sites for hydroxylation is 1. The topological polar surface area (TPSA) is 67.3 Å². The number of fused-ring (bicyclic) bond motifs is 1. The van der Waals surface area contributed by atoms with Crippen molar-refractivity contribution in [2.45, 2.75) is 49.4 Å².